The highest BCUT2D eigenvalue weighted by molar-refractivity contribution is 5.83. The van der Waals surface area contributed by atoms with Gasteiger partial charge in [-0.3, -0.25) is 4.79 Å². The second-order valence-corrected chi connectivity index (χ2v) is 5.58. The van der Waals surface area contributed by atoms with Crippen LogP contribution >= 0.6 is 0 Å². The number of rotatable bonds is 4. The van der Waals surface area contributed by atoms with E-state index in [1.165, 1.54) is 16.7 Å². The zero-order valence-corrected chi connectivity index (χ0v) is 13.9. The van der Waals surface area contributed by atoms with Crippen molar-refractivity contribution in [1.82, 2.24) is 4.57 Å². The first kappa shape index (κ1) is 16.6. The quantitative estimate of drug-likeness (QED) is 0.713. The van der Waals surface area contributed by atoms with Crippen molar-refractivity contribution < 1.29 is 9.13 Å². The van der Waals surface area contributed by atoms with Gasteiger partial charge in [0.05, 0.1) is 0 Å². The predicted octanol–water partition coefficient (Wildman–Crippen LogP) is 3.61. The van der Waals surface area contributed by atoms with Gasteiger partial charge in [0.2, 0.25) is 0 Å². The summed E-state index contributed by atoms with van der Waals surface area (Å²) < 4.78 is 20.5. The van der Waals surface area contributed by atoms with Crippen LogP contribution in [-0.4, -0.2) is 11.6 Å². The van der Waals surface area contributed by atoms with Crippen LogP contribution < -0.4 is 21.3 Å². The molecule has 6 heteroatoms. The molecular weight excluding hydrogens is 321 g/mol. The van der Waals surface area contributed by atoms with E-state index in [-0.39, 0.29) is 11.4 Å². The van der Waals surface area contributed by atoms with Crippen molar-refractivity contribution in [3.63, 3.8) is 0 Å². The van der Waals surface area contributed by atoms with Crippen LogP contribution in [0.3, 0.4) is 0 Å². The zero-order chi connectivity index (χ0) is 18.0. The lowest BCUT2D eigenvalue weighted by Gasteiger charge is -2.15. The largest absolute Gasteiger partial charge is 0.457 e. The standard InChI is InChI=1S/C19H18FN3O2/c1-22-16-10-12(11-23(2)19(16)24)18-15(21)4-3-5-17(18)25-14-8-6-13(20)7-9-14/h3-11,22H,21H2,1-2H3. The zero-order valence-electron chi connectivity index (χ0n) is 13.9. The van der Waals surface area contributed by atoms with Crippen molar-refractivity contribution >= 4 is 11.4 Å². The Hall–Kier alpha value is -3.28. The van der Waals surface area contributed by atoms with E-state index in [4.69, 9.17) is 10.5 Å². The highest BCUT2D eigenvalue weighted by Crippen LogP contribution is 2.38. The van der Waals surface area contributed by atoms with Gasteiger partial charge in [-0.1, -0.05) is 6.07 Å². The van der Waals surface area contributed by atoms with Gasteiger partial charge in [0.25, 0.3) is 5.56 Å². The van der Waals surface area contributed by atoms with Gasteiger partial charge in [-0.2, -0.15) is 0 Å². The summed E-state index contributed by atoms with van der Waals surface area (Å²) in [5, 5.41) is 2.88. The van der Waals surface area contributed by atoms with Crippen LogP contribution in [-0.2, 0) is 7.05 Å². The number of anilines is 2. The number of aryl methyl sites for hydroxylation is 1. The van der Waals surface area contributed by atoms with Crippen LogP contribution in [0, 0.1) is 5.82 Å². The predicted molar refractivity (Wildman–Crippen MR) is 97.6 cm³/mol. The van der Waals surface area contributed by atoms with E-state index in [9.17, 15) is 9.18 Å². The number of hydrogen-bond donors (Lipinski definition) is 2. The van der Waals surface area contributed by atoms with Gasteiger partial charge in [0.15, 0.2) is 0 Å². The van der Waals surface area contributed by atoms with E-state index in [0.29, 0.717) is 28.4 Å². The lowest BCUT2D eigenvalue weighted by atomic mass is 10.0. The molecule has 0 amide bonds. The molecule has 0 fully saturated rings. The summed E-state index contributed by atoms with van der Waals surface area (Å²) in [6.07, 6.45) is 1.70. The van der Waals surface area contributed by atoms with Gasteiger partial charge >= 0.3 is 0 Å². The molecule has 0 saturated heterocycles. The third kappa shape index (κ3) is 3.33. The Bertz CT molecular complexity index is 965. The maximum atomic E-state index is 13.1. The SMILES string of the molecule is CNc1cc(-c2c(N)cccc2Oc2ccc(F)cc2)cn(C)c1=O. The fourth-order valence-corrected chi connectivity index (χ4v) is 2.60. The Balaban J connectivity index is 2.12. The number of hydrogen-bond acceptors (Lipinski definition) is 4. The number of nitrogens with zero attached hydrogens (tertiary/aromatic N) is 1. The molecule has 3 aromatic rings. The lowest BCUT2D eigenvalue weighted by molar-refractivity contribution is 0.482. The molecule has 3 rings (SSSR count). The molecule has 25 heavy (non-hydrogen) atoms. The fraction of sp³-hybridized carbons (Fsp3) is 0.105. The normalized spacial score (nSPS) is 10.5. The molecule has 0 unspecified atom stereocenters. The minimum Gasteiger partial charge on any atom is -0.457 e. The van der Waals surface area contributed by atoms with Crippen molar-refractivity contribution in [3.05, 3.63) is 70.9 Å². The van der Waals surface area contributed by atoms with Crippen LogP contribution in [0.4, 0.5) is 15.8 Å². The molecule has 128 valence electrons. The molecule has 5 nitrogen and oxygen atoms in total. The summed E-state index contributed by atoms with van der Waals surface area (Å²) in [7, 11) is 3.36. The Labute approximate surface area is 144 Å². The Morgan fingerprint density at radius 1 is 1.16 bits per heavy atom. The number of aromatic nitrogens is 1. The van der Waals surface area contributed by atoms with Gasteiger partial charge < -0.3 is 20.4 Å². The average molecular weight is 339 g/mol. The second-order valence-electron chi connectivity index (χ2n) is 5.58. The molecule has 2 aromatic carbocycles. The Morgan fingerprint density at radius 3 is 2.56 bits per heavy atom. The number of nitrogens with two attached hydrogens (primary N) is 1. The van der Waals surface area contributed by atoms with Gasteiger partial charge in [0, 0.05) is 37.1 Å². The number of nitrogen functional groups attached to an aromatic ring is 1. The van der Waals surface area contributed by atoms with Crippen molar-refractivity contribution in [2.75, 3.05) is 18.1 Å². The molecule has 0 saturated carbocycles. The smallest absolute Gasteiger partial charge is 0.273 e. The van der Waals surface area contributed by atoms with Gasteiger partial charge in [-0.15, -0.1) is 0 Å². The van der Waals surface area contributed by atoms with E-state index in [1.807, 2.05) is 0 Å². The number of benzene rings is 2. The van der Waals surface area contributed by atoms with Crippen LogP contribution in [0.1, 0.15) is 0 Å². The molecule has 0 bridgehead atoms. The van der Waals surface area contributed by atoms with E-state index in [1.54, 1.807) is 56.7 Å². The van der Waals surface area contributed by atoms with Crippen LogP contribution in [0.25, 0.3) is 11.1 Å². The molecular formula is C19H18FN3O2. The van der Waals surface area contributed by atoms with Crippen molar-refractivity contribution in [2.45, 2.75) is 0 Å². The number of ether oxygens (including phenoxy) is 1. The summed E-state index contributed by atoms with van der Waals surface area (Å²) in [5.41, 5.74) is 8.40. The molecule has 0 atom stereocenters. The first-order valence-corrected chi connectivity index (χ1v) is 7.70. The molecule has 1 heterocycles. The van der Waals surface area contributed by atoms with Gasteiger partial charge in [0.1, 0.15) is 23.0 Å². The summed E-state index contributed by atoms with van der Waals surface area (Å²) in [6.45, 7) is 0. The Kier molecular flexibility index (Phi) is 4.43. The summed E-state index contributed by atoms with van der Waals surface area (Å²) in [6, 6.07) is 12.8. The first-order chi connectivity index (χ1) is 12.0. The number of nitrogens with one attached hydrogen (secondary N) is 1. The molecule has 0 spiro atoms. The maximum Gasteiger partial charge on any atom is 0.273 e. The van der Waals surface area contributed by atoms with E-state index >= 15 is 0 Å². The second kappa shape index (κ2) is 6.68. The van der Waals surface area contributed by atoms with Crippen molar-refractivity contribution in [2.24, 2.45) is 7.05 Å². The molecule has 0 aliphatic rings. The minimum absolute atomic E-state index is 0.137. The summed E-state index contributed by atoms with van der Waals surface area (Å²) >= 11 is 0. The van der Waals surface area contributed by atoms with Crippen LogP contribution in [0.5, 0.6) is 11.5 Å². The third-order valence-corrected chi connectivity index (χ3v) is 3.84. The maximum absolute atomic E-state index is 13.1. The monoisotopic (exact) mass is 339 g/mol. The lowest BCUT2D eigenvalue weighted by Crippen LogP contribution is -2.19. The van der Waals surface area contributed by atoms with Crippen molar-refractivity contribution in [3.8, 4) is 22.6 Å². The minimum atomic E-state index is -0.336. The van der Waals surface area contributed by atoms with E-state index in [0.717, 1.165) is 5.56 Å². The summed E-state index contributed by atoms with van der Waals surface area (Å²) in [5.74, 6) is 0.677. The number of pyridine rings is 1. The van der Waals surface area contributed by atoms with Gasteiger partial charge in [-0.05, 0) is 42.5 Å². The van der Waals surface area contributed by atoms with Gasteiger partial charge in [-0.25, -0.2) is 4.39 Å². The molecule has 3 N–H and O–H groups in total. The first-order valence-electron chi connectivity index (χ1n) is 7.70. The highest BCUT2D eigenvalue weighted by Gasteiger charge is 2.14. The van der Waals surface area contributed by atoms with E-state index in [2.05, 4.69) is 5.32 Å². The van der Waals surface area contributed by atoms with Crippen LogP contribution in [0.2, 0.25) is 0 Å². The highest BCUT2D eigenvalue weighted by atomic mass is 19.1. The molecule has 0 aliphatic carbocycles. The third-order valence-electron chi connectivity index (χ3n) is 3.84. The van der Waals surface area contributed by atoms with E-state index < -0.39 is 0 Å². The molecule has 0 radical (unpaired) electrons. The fourth-order valence-electron chi connectivity index (χ4n) is 2.60. The topological polar surface area (TPSA) is 69.3 Å². The summed E-state index contributed by atoms with van der Waals surface area (Å²) in [4.78, 5) is 12.1. The number of halogens is 1. The molecule has 1 aromatic heterocycles. The average Bonchev–Trinajstić information content (AvgIpc) is 2.59. The van der Waals surface area contributed by atoms with Crippen LogP contribution in [0.15, 0.2) is 59.5 Å². The Morgan fingerprint density at radius 2 is 1.88 bits per heavy atom. The van der Waals surface area contributed by atoms with Crippen molar-refractivity contribution in [1.29, 1.82) is 0 Å². The molecule has 0 aliphatic heterocycles.